The molecule has 0 fully saturated rings. The van der Waals surface area contributed by atoms with Crippen molar-refractivity contribution in [3.63, 3.8) is 0 Å². The van der Waals surface area contributed by atoms with Crippen LogP contribution in [0.1, 0.15) is 52.0 Å². The number of rotatable bonds is 18. The van der Waals surface area contributed by atoms with Crippen molar-refractivity contribution in [2.45, 2.75) is 32.6 Å². The molecular formula is C35H36O10. The fourth-order valence-electron chi connectivity index (χ4n) is 4.45. The zero-order valence-corrected chi connectivity index (χ0v) is 25.1. The minimum absolute atomic E-state index is 0.0896. The van der Waals surface area contributed by atoms with Crippen LogP contribution < -0.4 is 9.47 Å². The molecule has 0 heterocycles. The zero-order chi connectivity index (χ0) is 32.8. The predicted octanol–water partition coefficient (Wildman–Crippen LogP) is 6.50. The van der Waals surface area contributed by atoms with Gasteiger partial charge in [-0.05, 0) is 91.3 Å². The first-order chi connectivity index (χ1) is 21.6. The predicted molar refractivity (Wildman–Crippen MR) is 168 cm³/mol. The van der Waals surface area contributed by atoms with Crippen LogP contribution in [-0.2, 0) is 19.1 Å². The molecule has 2 N–H and O–H groups in total. The van der Waals surface area contributed by atoms with Crippen molar-refractivity contribution in [1.29, 1.82) is 0 Å². The summed E-state index contributed by atoms with van der Waals surface area (Å²) in [4.78, 5) is 46.4. The number of benzene rings is 3. The number of aromatic carboxylic acids is 2. The molecule has 236 valence electrons. The summed E-state index contributed by atoms with van der Waals surface area (Å²) < 4.78 is 21.6. The van der Waals surface area contributed by atoms with E-state index in [1.165, 1.54) is 12.1 Å². The van der Waals surface area contributed by atoms with E-state index in [0.717, 1.165) is 17.7 Å². The van der Waals surface area contributed by atoms with Crippen LogP contribution in [0.4, 0.5) is 0 Å². The van der Waals surface area contributed by atoms with Crippen LogP contribution in [0.3, 0.4) is 0 Å². The molecular weight excluding hydrogens is 580 g/mol. The van der Waals surface area contributed by atoms with Gasteiger partial charge in [-0.1, -0.05) is 31.4 Å². The highest BCUT2D eigenvalue weighted by Gasteiger charge is 2.18. The number of carboxylic acid groups (broad SMARTS) is 2. The van der Waals surface area contributed by atoms with Crippen LogP contribution in [0.25, 0.3) is 22.3 Å². The van der Waals surface area contributed by atoms with Gasteiger partial charge in [-0.15, -0.1) is 0 Å². The summed E-state index contributed by atoms with van der Waals surface area (Å²) in [6.45, 7) is 9.70. The summed E-state index contributed by atoms with van der Waals surface area (Å²) >= 11 is 0. The topological polar surface area (TPSA) is 146 Å². The van der Waals surface area contributed by atoms with Gasteiger partial charge in [0.05, 0.1) is 37.6 Å². The average molecular weight is 617 g/mol. The third-order valence-corrected chi connectivity index (χ3v) is 6.71. The Kier molecular flexibility index (Phi) is 12.9. The van der Waals surface area contributed by atoms with Gasteiger partial charge in [0.15, 0.2) is 0 Å². The molecule has 0 atom stereocenters. The lowest BCUT2D eigenvalue weighted by molar-refractivity contribution is -0.138. The van der Waals surface area contributed by atoms with Gasteiger partial charge in [0.25, 0.3) is 0 Å². The highest BCUT2D eigenvalue weighted by atomic mass is 16.5. The second-order valence-corrected chi connectivity index (χ2v) is 9.91. The Morgan fingerprint density at radius 2 is 1.09 bits per heavy atom. The third kappa shape index (κ3) is 10.1. The van der Waals surface area contributed by atoms with E-state index in [1.54, 1.807) is 42.5 Å². The molecule has 10 nitrogen and oxygen atoms in total. The minimum atomic E-state index is -1.10. The van der Waals surface area contributed by atoms with Gasteiger partial charge < -0.3 is 29.2 Å². The monoisotopic (exact) mass is 616 g/mol. The van der Waals surface area contributed by atoms with E-state index in [0.29, 0.717) is 72.6 Å². The molecule has 0 saturated carbocycles. The molecule has 0 aliphatic rings. The molecule has 0 amide bonds. The Balaban J connectivity index is 1.78. The van der Waals surface area contributed by atoms with Crippen LogP contribution in [0.15, 0.2) is 79.9 Å². The summed E-state index contributed by atoms with van der Waals surface area (Å²) in [6, 6.07) is 14.8. The van der Waals surface area contributed by atoms with Crippen molar-refractivity contribution in [3.8, 4) is 33.8 Å². The van der Waals surface area contributed by atoms with Crippen molar-refractivity contribution in [2.75, 3.05) is 26.4 Å². The number of unbranched alkanes of at least 4 members (excludes halogenated alkanes) is 2. The molecule has 0 aromatic heterocycles. The summed E-state index contributed by atoms with van der Waals surface area (Å²) in [5.41, 5.74) is 3.09. The van der Waals surface area contributed by atoms with Crippen LogP contribution in [0, 0.1) is 6.92 Å². The number of hydrogen-bond donors (Lipinski definition) is 2. The van der Waals surface area contributed by atoms with Gasteiger partial charge in [0, 0.05) is 17.7 Å². The molecule has 3 aromatic carbocycles. The van der Waals surface area contributed by atoms with Crippen molar-refractivity contribution < 1.29 is 48.3 Å². The van der Waals surface area contributed by atoms with Gasteiger partial charge in [-0.2, -0.15) is 0 Å². The molecule has 0 bridgehead atoms. The first-order valence-electron chi connectivity index (χ1n) is 14.3. The van der Waals surface area contributed by atoms with E-state index in [2.05, 4.69) is 13.2 Å². The lowest BCUT2D eigenvalue weighted by Gasteiger charge is -2.15. The molecule has 0 radical (unpaired) electrons. The van der Waals surface area contributed by atoms with Crippen molar-refractivity contribution in [2.24, 2.45) is 0 Å². The van der Waals surface area contributed by atoms with Crippen molar-refractivity contribution in [1.82, 2.24) is 0 Å². The molecule has 0 spiro atoms. The molecule has 0 aliphatic carbocycles. The van der Waals surface area contributed by atoms with Gasteiger partial charge in [0.1, 0.15) is 11.5 Å². The molecule has 10 heteroatoms. The summed E-state index contributed by atoms with van der Waals surface area (Å²) in [7, 11) is 0. The maximum absolute atomic E-state index is 12.1. The zero-order valence-electron chi connectivity index (χ0n) is 25.1. The largest absolute Gasteiger partial charge is 0.494 e. The summed E-state index contributed by atoms with van der Waals surface area (Å²) in [5, 5.41) is 19.7. The van der Waals surface area contributed by atoms with Crippen LogP contribution in [-0.4, -0.2) is 60.5 Å². The van der Waals surface area contributed by atoms with Crippen LogP contribution >= 0.6 is 0 Å². The van der Waals surface area contributed by atoms with Gasteiger partial charge >= 0.3 is 23.9 Å². The Hall–Kier alpha value is -5.38. The molecule has 3 rings (SSSR count). The lowest BCUT2D eigenvalue weighted by Crippen LogP contribution is -2.05. The smallest absolute Gasteiger partial charge is 0.336 e. The number of aryl methyl sites for hydroxylation is 1. The second-order valence-electron chi connectivity index (χ2n) is 9.91. The first kappa shape index (κ1) is 34.1. The Labute approximate surface area is 261 Å². The van der Waals surface area contributed by atoms with Crippen LogP contribution in [0.2, 0.25) is 0 Å². The van der Waals surface area contributed by atoms with Gasteiger partial charge in [0.2, 0.25) is 0 Å². The fourth-order valence-corrected chi connectivity index (χ4v) is 4.45. The Morgan fingerprint density at radius 1 is 0.622 bits per heavy atom. The van der Waals surface area contributed by atoms with E-state index >= 15 is 0 Å². The van der Waals surface area contributed by atoms with E-state index < -0.39 is 23.9 Å². The number of carbonyl (C=O) groups is 4. The highest BCUT2D eigenvalue weighted by molar-refractivity contribution is 5.98. The standard InChI is InChI=1S/C35H36O10/c1-4-32(36)44-18-8-6-16-42-25-11-14-28(34(38)39)30(21-25)24-10-13-27(23(3)20-24)31-22-26(12-15-29(31)35(40)41)43-17-7-9-19-45-33(37)5-2/h4-5,10-15,20-22H,1-2,6-9,16-19H2,3H3,(H,38,39)(H,40,41). The number of hydrogen-bond acceptors (Lipinski definition) is 8. The lowest BCUT2D eigenvalue weighted by atomic mass is 9.91. The quantitative estimate of drug-likeness (QED) is 0.0922. The molecule has 0 saturated heterocycles. The first-order valence-corrected chi connectivity index (χ1v) is 14.3. The highest BCUT2D eigenvalue weighted by Crippen LogP contribution is 2.35. The minimum Gasteiger partial charge on any atom is -0.494 e. The molecule has 0 aliphatic heterocycles. The Morgan fingerprint density at radius 3 is 1.56 bits per heavy atom. The number of esters is 2. The molecule has 0 unspecified atom stereocenters. The van der Waals surface area contributed by atoms with Crippen molar-refractivity contribution in [3.05, 3.63) is 96.6 Å². The van der Waals surface area contributed by atoms with E-state index in [4.69, 9.17) is 18.9 Å². The number of carboxylic acids is 2. The number of carbonyl (C=O) groups excluding carboxylic acids is 2. The second kappa shape index (κ2) is 17.0. The van der Waals surface area contributed by atoms with Gasteiger partial charge in [-0.3, -0.25) is 0 Å². The molecule has 3 aromatic rings. The van der Waals surface area contributed by atoms with Crippen LogP contribution in [0.5, 0.6) is 11.5 Å². The average Bonchev–Trinajstić information content (AvgIpc) is 3.03. The normalized spacial score (nSPS) is 10.4. The maximum atomic E-state index is 12.1. The summed E-state index contributed by atoms with van der Waals surface area (Å²) in [6.07, 6.45) is 4.63. The van der Waals surface area contributed by atoms with Gasteiger partial charge in [-0.25, -0.2) is 19.2 Å². The third-order valence-electron chi connectivity index (χ3n) is 6.71. The molecule has 45 heavy (non-hydrogen) atoms. The van der Waals surface area contributed by atoms with E-state index in [9.17, 15) is 29.4 Å². The van der Waals surface area contributed by atoms with E-state index in [1.807, 2.05) is 6.92 Å². The Bertz CT molecular complexity index is 1560. The number of ether oxygens (including phenoxy) is 4. The maximum Gasteiger partial charge on any atom is 0.336 e. The summed E-state index contributed by atoms with van der Waals surface area (Å²) in [5.74, 6) is -2.19. The van der Waals surface area contributed by atoms with E-state index in [-0.39, 0.29) is 24.3 Å². The van der Waals surface area contributed by atoms with Crippen molar-refractivity contribution >= 4 is 23.9 Å². The fraction of sp³-hybridized carbons (Fsp3) is 0.257. The SMILES string of the molecule is C=CC(=O)OCCCCOc1ccc(C(=O)O)c(-c2ccc(-c3cc(OCCCCOC(=O)C=C)ccc3C(=O)O)c(C)c2)c1.